The summed E-state index contributed by atoms with van der Waals surface area (Å²) in [6.45, 7) is 3.21. The standard InChI is InChI=1S/C28H29BrN4O2/c1-4-25(32(19-18-31(2)3)27(34)20-10-6-5-7-11-20)26-30-24-13-9-8-12-23(24)28(35)33(26)22-16-14-21(29)15-17-22/h5-17,25H,4,18-19H2,1-3H3. The lowest BCUT2D eigenvalue weighted by atomic mass is 10.1. The summed E-state index contributed by atoms with van der Waals surface area (Å²) < 4.78 is 2.58. The number of para-hydroxylation sites is 1. The normalized spacial score (nSPS) is 12.1. The first-order chi connectivity index (χ1) is 16.9. The van der Waals surface area contributed by atoms with Gasteiger partial charge in [-0.1, -0.05) is 53.2 Å². The molecule has 35 heavy (non-hydrogen) atoms. The largest absolute Gasteiger partial charge is 0.327 e. The highest BCUT2D eigenvalue weighted by atomic mass is 79.9. The molecule has 0 saturated heterocycles. The summed E-state index contributed by atoms with van der Waals surface area (Å²) in [5.41, 5.74) is 1.80. The fraction of sp³-hybridized carbons (Fsp3) is 0.250. The highest BCUT2D eigenvalue weighted by Gasteiger charge is 2.29. The van der Waals surface area contributed by atoms with E-state index in [-0.39, 0.29) is 11.5 Å². The molecule has 1 aromatic heterocycles. The van der Waals surface area contributed by atoms with Gasteiger partial charge in [0.2, 0.25) is 0 Å². The minimum absolute atomic E-state index is 0.0796. The van der Waals surface area contributed by atoms with E-state index in [1.807, 2.05) is 104 Å². The van der Waals surface area contributed by atoms with Gasteiger partial charge in [0.15, 0.2) is 0 Å². The van der Waals surface area contributed by atoms with Gasteiger partial charge in [-0.2, -0.15) is 0 Å². The number of hydrogen-bond acceptors (Lipinski definition) is 4. The molecule has 1 unspecified atom stereocenters. The summed E-state index contributed by atoms with van der Waals surface area (Å²) in [5, 5.41) is 0.545. The molecule has 6 nitrogen and oxygen atoms in total. The van der Waals surface area contributed by atoms with Crippen LogP contribution in [0.1, 0.15) is 35.6 Å². The molecule has 3 aromatic carbocycles. The number of likely N-dealkylation sites (N-methyl/N-ethyl adjacent to an activating group) is 1. The Morgan fingerprint density at radius 3 is 2.26 bits per heavy atom. The highest BCUT2D eigenvalue weighted by molar-refractivity contribution is 9.10. The second-order valence-electron chi connectivity index (χ2n) is 8.70. The highest BCUT2D eigenvalue weighted by Crippen LogP contribution is 2.28. The molecule has 1 atom stereocenters. The zero-order valence-corrected chi connectivity index (χ0v) is 21.8. The van der Waals surface area contributed by atoms with Crippen LogP contribution in [0.4, 0.5) is 0 Å². The van der Waals surface area contributed by atoms with Crippen LogP contribution in [0.3, 0.4) is 0 Å². The van der Waals surface area contributed by atoms with E-state index in [1.165, 1.54) is 0 Å². The number of carbonyl (C=O) groups is 1. The Morgan fingerprint density at radius 1 is 0.943 bits per heavy atom. The van der Waals surface area contributed by atoms with E-state index in [2.05, 4.69) is 15.9 Å². The second-order valence-corrected chi connectivity index (χ2v) is 9.61. The molecule has 4 rings (SSSR count). The first-order valence-electron chi connectivity index (χ1n) is 11.7. The SMILES string of the molecule is CCC(c1nc2ccccc2c(=O)n1-c1ccc(Br)cc1)N(CCN(C)C)C(=O)c1ccccc1. The predicted octanol–water partition coefficient (Wildman–Crippen LogP) is 5.30. The number of nitrogens with zero attached hydrogens (tertiary/aromatic N) is 4. The van der Waals surface area contributed by atoms with Gasteiger partial charge in [-0.3, -0.25) is 14.2 Å². The van der Waals surface area contributed by atoms with Crippen LogP contribution >= 0.6 is 15.9 Å². The van der Waals surface area contributed by atoms with Crippen LogP contribution in [0, 0.1) is 0 Å². The molecule has 0 bridgehead atoms. The second kappa shape index (κ2) is 11.0. The third-order valence-corrected chi connectivity index (χ3v) is 6.55. The molecule has 1 heterocycles. The molecule has 4 aromatic rings. The van der Waals surface area contributed by atoms with Crippen molar-refractivity contribution in [1.29, 1.82) is 0 Å². The van der Waals surface area contributed by atoms with Crippen molar-refractivity contribution in [2.24, 2.45) is 0 Å². The lowest BCUT2D eigenvalue weighted by Gasteiger charge is -2.33. The Labute approximate surface area is 214 Å². The van der Waals surface area contributed by atoms with Crippen molar-refractivity contribution in [3.8, 4) is 5.69 Å². The predicted molar refractivity (Wildman–Crippen MR) is 144 cm³/mol. The average molecular weight is 533 g/mol. The fourth-order valence-electron chi connectivity index (χ4n) is 4.21. The van der Waals surface area contributed by atoms with E-state index >= 15 is 0 Å². The molecule has 0 spiro atoms. The van der Waals surface area contributed by atoms with Gasteiger partial charge in [-0.25, -0.2) is 4.98 Å². The first kappa shape index (κ1) is 24.8. The Hall–Kier alpha value is -3.29. The zero-order valence-electron chi connectivity index (χ0n) is 20.2. The fourth-order valence-corrected chi connectivity index (χ4v) is 4.47. The molecule has 7 heteroatoms. The monoisotopic (exact) mass is 532 g/mol. The lowest BCUT2D eigenvalue weighted by molar-refractivity contribution is 0.0644. The maximum absolute atomic E-state index is 13.8. The van der Waals surface area contributed by atoms with Gasteiger partial charge >= 0.3 is 0 Å². The van der Waals surface area contributed by atoms with Crippen molar-refractivity contribution >= 4 is 32.7 Å². The Kier molecular flexibility index (Phi) is 7.78. The topological polar surface area (TPSA) is 58.4 Å². The number of carbonyl (C=O) groups excluding carboxylic acids is 1. The molecular formula is C28H29BrN4O2. The maximum Gasteiger partial charge on any atom is 0.266 e. The summed E-state index contributed by atoms with van der Waals surface area (Å²) in [5.74, 6) is 0.477. The molecule has 0 radical (unpaired) electrons. The van der Waals surface area contributed by atoms with Crippen LogP contribution in [-0.2, 0) is 0 Å². The molecule has 1 amide bonds. The minimum atomic E-state index is -0.399. The van der Waals surface area contributed by atoms with Crippen molar-refractivity contribution in [3.63, 3.8) is 0 Å². The number of rotatable bonds is 8. The summed E-state index contributed by atoms with van der Waals surface area (Å²) >= 11 is 3.48. The van der Waals surface area contributed by atoms with Crippen LogP contribution in [-0.4, -0.2) is 52.4 Å². The van der Waals surface area contributed by atoms with E-state index in [1.54, 1.807) is 10.6 Å². The first-order valence-corrected chi connectivity index (χ1v) is 12.5. The van der Waals surface area contributed by atoms with Gasteiger partial charge in [-0.15, -0.1) is 0 Å². The minimum Gasteiger partial charge on any atom is -0.327 e. The summed E-state index contributed by atoms with van der Waals surface area (Å²) in [4.78, 5) is 36.4. The van der Waals surface area contributed by atoms with Gasteiger partial charge < -0.3 is 9.80 Å². The third-order valence-electron chi connectivity index (χ3n) is 6.02. The van der Waals surface area contributed by atoms with E-state index in [0.717, 1.165) is 4.47 Å². The molecule has 0 fully saturated rings. The molecule has 0 N–H and O–H groups in total. The van der Waals surface area contributed by atoms with Crippen LogP contribution in [0.25, 0.3) is 16.6 Å². The van der Waals surface area contributed by atoms with Gasteiger partial charge in [-0.05, 0) is 69.0 Å². The van der Waals surface area contributed by atoms with Crippen LogP contribution < -0.4 is 5.56 Å². The van der Waals surface area contributed by atoms with Crippen LogP contribution in [0.2, 0.25) is 0 Å². The van der Waals surface area contributed by atoms with E-state index in [4.69, 9.17) is 4.98 Å². The van der Waals surface area contributed by atoms with Gasteiger partial charge in [0.25, 0.3) is 11.5 Å². The number of aromatic nitrogens is 2. The average Bonchev–Trinajstić information content (AvgIpc) is 2.87. The molecule has 0 aliphatic heterocycles. The van der Waals surface area contributed by atoms with Crippen LogP contribution in [0.15, 0.2) is 88.1 Å². The number of amides is 1. The van der Waals surface area contributed by atoms with Gasteiger partial charge in [0.1, 0.15) is 5.82 Å². The summed E-state index contributed by atoms with van der Waals surface area (Å²) in [6.07, 6.45) is 0.604. The van der Waals surface area contributed by atoms with E-state index in [0.29, 0.717) is 47.5 Å². The maximum atomic E-state index is 13.8. The Morgan fingerprint density at radius 2 is 1.60 bits per heavy atom. The van der Waals surface area contributed by atoms with Crippen molar-refractivity contribution in [3.05, 3.63) is 105 Å². The summed E-state index contributed by atoms with van der Waals surface area (Å²) in [6, 6.07) is 23.8. The van der Waals surface area contributed by atoms with Gasteiger partial charge in [0, 0.05) is 23.1 Å². The van der Waals surface area contributed by atoms with E-state index < -0.39 is 6.04 Å². The molecule has 0 saturated carbocycles. The molecule has 0 aliphatic carbocycles. The zero-order chi connectivity index (χ0) is 24.9. The van der Waals surface area contributed by atoms with E-state index in [9.17, 15) is 9.59 Å². The smallest absolute Gasteiger partial charge is 0.266 e. The van der Waals surface area contributed by atoms with Crippen molar-refractivity contribution < 1.29 is 4.79 Å². The van der Waals surface area contributed by atoms with Crippen molar-refractivity contribution in [2.45, 2.75) is 19.4 Å². The van der Waals surface area contributed by atoms with Crippen LogP contribution in [0.5, 0.6) is 0 Å². The molecular weight excluding hydrogens is 504 g/mol. The molecule has 180 valence electrons. The lowest BCUT2D eigenvalue weighted by Crippen LogP contribution is -2.41. The Balaban J connectivity index is 1.93. The number of halogens is 1. The van der Waals surface area contributed by atoms with Crippen molar-refractivity contribution in [2.75, 3.05) is 27.2 Å². The summed E-state index contributed by atoms with van der Waals surface area (Å²) in [7, 11) is 3.97. The van der Waals surface area contributed by atoms with Crippen molar-refractivity contribution in [1.82, 2.24) is 19.4 Å². The number of benzene rings is 3. The number of fused-ring (bicyclic) bond motifs is 1. The quantitative estimate of drug-likeness (QED) is 0.308. The Bertz CT molecular complexity index is 1370. The number of hydrogen-bond donors (Lipinski definition) is 0. The third kappa shape index (κ3) is 5.36. The van der Waals surface area contributed by atoms with Gasteiger partial charge in [0.05, 0.1) is 22.6 Å². The molecule has 0 aliphatic rings.